The van der Waals surface area contributed by atoms with Crippen LogP contribution in [-0.4, -0.2) is 62.4 Å². The normalized spacial score (nSPS) is 12.5. The Bertz CT molecular complexity index is 1580. The van der Waals surface area contributed by atoms with Crippen molar-refractivity contribution in [1.82, 2.24) is 18.9 Å². The first kappa shape index (κ1) is 32.6. The number of aromatic nitrogens is 3. The molecule has 2 aromatic heterocycles. The molecule has 0 atom stereocenters. The second-order valence-electron chi connectivity index (χ2n) is 12.0. The topological polar surface area (TPSA) is 150 Å². The number of fused-ring (bicyclic) bond motifs is 1. The third-order valence-electron chi connectivity index (χ3n) is 4.86. The molecule has 0 saturated heterocycles. The van der Waals surface area contributed by atoms with E-state index in [0.717, 1.165) is 3.97 Å². The van der Waals surface area contributed by atoms with Crippen LogP contribution < -0.4 is 5.01 Å². The van der Waals surface area contributed by atoms with Crippen LogP contribution in [0.3, 0.4) is 0 Å². The first-order valence-corrected chi connectivity index (χ1v) is 14.6. The highest BCUT2D eigenvalue weighted by Crippen LogP contribution is 2.32. The quantitative estimate of drug-likeness (QED) is 0.189. The Balaban J connectivity index is 2.35. The highest BCUT2D eigenvalue weighted by molar-refractivity contribution is 7.90. The van der Waals surface area contributed by atoms with Crippen molar-refractivity contribution >= 4 is 56.8 Å². The Labute approximate surface area is 249 Å². The summed E-state index contributed by atoms with van der Waals surface area (Å²) in [5.41, 5.74) is -3.57. The van der Waals surface area contributed by atoms with E-state index in [1.807, 2.05) is 0 Å². The molecule has 0 aliphatic heterocycles. The predicted molar refractivity (Wildman–Crippen MR) is 155 cm³/mol. The van der Waals surface area contributed by atoms with Gasteiger partial charge in [0.1, 0.15) is 16.8 Å². The summed E-state index contributed by atoms with van der Waals surface area (Å²) in [5, 5.41) is 0.207. The number of amides is 3. The second-order valence-corrected chi connectivity index (χ2v) is 14.2. The van der Waals surface area contributed by atoms with Crippen molar-refractivity contribution in [2.24, 2.45) is 0 Å². The van der Waals surface area contributed by atoms with Gasteiger partial charge in [-0.2, -0.15) is 15.0 Å². The minimum atomic E-state index is -4.20. The lowest BCUT2D eigenvalue weighted by molar-refractivity contribution is -0.00681. The van der Waals surface area contributed by atoms with Crippen LogP contribution in [0.4, 0.5) is 20.2 Å². The number of anilines is 1. The molecule has 0 aliphatic carbocycles. The largest absolute Gasteiger partial charge is 0.442 e. The van der Waals surface area contributed by atoms with E-state index in [0.29, 0.717) is 5.01 Å². The van der Waals surface area contributed by atoms with Crippen LogP contribution in [0, 0.1) is 0 Å². The molecule has 0 radical (unpaired) electrons. The third kappa shape index (κ3) is 7.68. The van der Waals surface area contributed by atoms with Crippen molar-refractivity contribution in [2.45, 2.75) is 84.0 Å². The number of carbonyl (C=O) groups excluding carboxylic acids is 3. The fraction of sp³-hybridized carbons (Fsp3) is 0.444. The smallest absolute Gasteiger partial charge is 0.440 e. The maximum atomic E-state index is 13.7. The molecule has 228 valence electrons. The fourth-order valence-corrected chi connectivity index (χ4v) is 4.90. The number of carbonyl (C=O) groups is 3. The minimum absolute atomic E-state index is 0.0491. The zero-order valence-corrected chi connectivity index (χ0v) is 26.4. The first-order valence-electron chi connectivity index (χ1n) is 12.7. The van der Waals surface area contributed by atoms with Crippen LogP contribution in [0.25, 0.3) is 11.0 Å². The maximum absolute atomic E-state index is 13.7. The Hall–Kier alpha value is -3.91. The van der Waals surface area contributed by atoms with Gasteiger partial charge in [-0.3, -0.25) is 0 Å². The van der Waals surface area contributed by atoms with E-state index in [2.05, 4.69) is 9.97 Å². The molecular weight excluding hydrogens is 590 g/mol. The molecule has 3 aromatic rings. The molecule has 2 heterocycles. The summed E-state index contributed by atoms with van der Waals surface area (Å²) in [6.07, 6.45) is -2.67. The van der Waals surface area contributed by atoms with E-state index in [1.165, 1.54) is 24.4 Å². The molecule has 1 aromatic carbocycles. The molecule has 0 spiro atoms. The summed E-state index contributed by atoms with van der Waals surface area (Å²) in [4.78, 5) is 48.9. The van der Waals surface area contributed by atoms with Crippen LogP contribution in [-0.2, 0) is 24.2 Å². The summed E-state index contributed by atoms with van der Waals surface area (Å²) in [7, 11) is -4.20. The van der Waals surface area contributed by atoms with Gasteiger partial charge in [-0.1, -0.05) is 18.2 Å². The van der Waals surface area contributed by atoms with Gasteiger partial charge in [-0.25, -0.2) is 26.8 Å². The SMILES string of the molecule is CC(C)(C)OC(=O)N(C(=O)OC(C)(C)C)N(C(=O)OC(C)(C)C)c1nc(Cl)nc2c1ccn2S(=O)(=O)c1ccccc1. The zero-order chi connectivity index (χ0) is 31.8. The Morgan fingerprint density at radius 2 is 1.24 bits per heavy atom. The van der Waals surface area contributed by atoms with E-state index in [1.54, 1.807) is 80.5 Å². The fourth-order valence-electron chi connectivity index (χ4n) is 3.43. The number of ether oxygens (including phenoxy) is 3. The number of hydrazine groups is 1. The van der Waals surface area contributed by atoms with Crippen LogP contribution in [0.1, 0.15) is 62.3 Å². The van der Waals surface area contributed by atoms with Gasteiger partial charge in [0.25, 0.3) is 10.0 Å². The van der Waals surface area contributed by atoms with Crippen molar-refractivity contribution in [3.05, 3.63) is 47.9 Å². The van der Waals surface area contributed by atoms with Crippen LogP contribution in [0.5, 0.6) is 0 Å². The van der Waals surface area contributed by atoms with E-state index < -0.39 is 56.2 Å². The summed E-state index contributed by atoms with van der Waals surface area (Å²) < 4.78 is 44.2. The third-order valence-corrected chi connectivity index (χ3v) is 6.71. The first-order chi connectivity index (χ1) is 19.1. The molecule has 0 bridgehead atoms. The lowest BCUT2D eigenvalue weighted by atomic mass is 10.2. The number of hydrogen-bond donors (Lipinski definition) is 0. The minimum Gasteiger partial charge on any atom is -0.442 e. The van der Waals surface area contributed by atoms with Crippen LogP contribution in [0.15, 0.2) is 47.5 Å². The van der Waals surface area contributed by atoms with Gasteiger partial charge >= 0.3 is 18.3 Å². The van der Waals surface area contributed by atoms with Gasteiger partial charge in [0.05, 0.1) is 10.3 Å². The monoisotopic (exact) mass is 623 g/mol. The summed E-state index contributed by atoms with van der Waals surface area (Å²) in [5.74, 6) is -0.446. The number of imide groups is 1. The van der Waals surface area contributed by atoms with Crippen LogP contribution in [0.2, 0.25) is 5.28 Å². The van der Waals surface area contributed by atoms with Gasteiger partial charge in [0.15, 0.2) is 11.5 Å². The second kappa shape index (κ2) is 11.4. The number of halogens is 1. The Kier molecular flexibility index (Phi) is 8.85. The molecule has 0 unspecified atom stereocenters. The predicted octanol–water partition coefficient (Wildman–Crippen LogP) is 6.15. The van der Waals surface area contributed by atoms with E-state index in [-0.39, 0.29) is 20.9 Å². The van der Waals surface area contributed by atoms with Gasteiger partial charge in [-0.05, 0) is 92.1 Å². The Morgan fingerprint density at radius 1 is 0.762 bits per heavy atom. The number of benzene rings is 1. The lowest BCUT2D eigenvalue weighted by Crippen LogP contribution is -2.57. The lowest BCUT2D eigenvalue weighted by Gasteiger charge is -2.35. The average Bonchev–Trinajstić information content (AvgIpc) is 3.23. The summed E-state index contributed by atoms with van der Waals surface area (Å²) in [6.45, 7) is 14.1. The molecular formula is C27H34ClN5O8S. The zero-order valence-electron chi connectivity index (χ0n) is 24.8. The number of hydrogen-bond acceptors (Lipinski definition) is 10. The van der Waals surface area contributed by atoms with E-state index in [4.69, 9.17) is 25.8 Å². The summed E-state index contributed by atoms with van der Waals surface area (Å²) in [6, 6.07) is 8.84. The van der Waals surface area contributed by atoms with E-state index >= 15 is 0 Å². The number of nitrogens with zero attached hydrogens (tertiary/aromatic N) is 5. The van der Waals surface area contributed by atoms with Crippen molar-refractivity contribution in [2.75, 3.05) is 5.01 Å². The van der Waals surface area contributed by atoms with Crippen molar-refractivity contribution < 1.29 is 37.0 Å². The molecule has 0 saturated carbocycles. The standard InChI is InChI=1S/C27H34ClN5O8S/c1-25(2,3)39-22(34)32(33(23(35)40-26(4,5)6)24(36)41-27(7,8)9)20-18-15-16-31(19(18)29-21(28)30-20)42(37,38)17-13-11-10-12-14-17/h10-16H,1-9H3. The van der Waals surface area contributed by atoms with Gasteiger partial charge in [0, 0.05) is 6.20 Å². The molecule has 0 fully saturated rings. The Morgan fingerprint density at radius 3 is 1.71 bits per heavy atom. The molecule has 0 N–H and O–H groups in total. The molecule has 0 aliphatic rings. The number of rotatable bonds is 3. The highest BCUT2D eigenvalue weighted by Gasteiger charge is 2.43. The maximum Gasteiger partial charge on any atom is 0.440 e. The molecule has 3 rings (SSSR count). The van der Waals surface area contributed by atoms with Crippen molar-refractivity contribution in [1.29, 1.82) is 0 Å². The average molecular weight is 624 g/mol. The van der Waals surface area contributed by atoms with Gasteiger partial charge in [0.2, 0.25) is 5.28 Å². The molecule has 3 amide bonds. The van der Waals surface area contributed by atoms with Gasteiger partial charge in [-0.15, -0.1) is 5.01 Å². The molecule has 42 heavy (non-hydrogen) atoms. The molecule has 13 nitrogen and oxygen atoms in total. The highest BCUT2D eigenvalue weighted by atomic mass is 35.5. The van der Waals surface area contributed by atoms with Gasteiger partial charge < -0.3 is 14.2 Å². The van der Waals surface area contributed by atoms with Crippen molar-refractivity contribution in [3.63, 3.8) is 0 Å². The summed E-state index contributed by atoms with van der Waals surface area (Å²) >= 11 is 6.25. The van der Waals surface area contributed by atoms with E-state index in [9.17, 15) is 22.8 Å². The molecule has 15 heteroatoms. The van der Waals surface area contributed by atoms with Crippen molar-refractivity contribution in [3.8, 4) is 0 Å². The van der Waals surface area contributed by atoms with Crippen LogP contribution >= 0.6 is 11.6 Å².